The van der Waals surface area contributed by atoms with Crippen molar-refractivity contribution in [2.75, 3.05) is 13.2 Å². The highest BCUT2D eigenvalue weighted by Crippen LogP contribution is 2.40. The number of aliphatic carboxylic acids is 1. The predicted octanol–water partition coefficient (Wildman–Crippen LogP) is 3.10. The van der Waals surface area contributed by atoms with Crippen LogP contribution in [0.15, 0.2) is 24.3 Å². The number of rotatable bonds is 4. The number of fused-ring (bicyclic) bond motifs is 1. The maximum Gasteiger partial charge on any atom is 0.326 e. The zero-order valence-electron chi connectivity index (χ0n) is 15.5. The summed E-state index contributed by atoms with van der Waals surface area (Å²) in [4.78, 5) is 26.5. The van der Waals surface area contributed by atoms with E-state index in [-0.39, 0.29) is 18.1 Å². The summed E-state index contributed by atoms with van der Waals surface area (Å²) in [5.41, 5.74) is 0.534. The molecule has 2 aliphatic heterocycles. The Bertz CT molecular complexity index is 682. The lowest BCUT2D eigenvalue weighted by Crippen LogP contribution is -2.46. The predicted molar refractivity (Wildman–Crippen MR) is 98.9 cm³/mol. The van der Waals surface area contributed by atoms with Crippen LogP contribution in [0, 0.1) is 5.92 Å². The van der Waals surface area contributed by atoms with Gasteiger partial charge < -0.3 is 19.5 Å². The minimum atomic E-state index is -0.891. The van der Waals surface area contributed by atoms with Gasteiger partial charge in [0.1, 0.15) is 17.9 Å². The Balaban J connectivity index is 1.48. The first-order valence-corrected chi connectivity index (χ1v) is 10.0. The van der Waals surface area contributed by atoms with Gasteiger partial charge in [-0.3, -0.25) is 4.79 Å². The van der Waals surface area contributed by atoms with Crippen LogP contribution < -0.4 is 4.74 Å². The molecule has 6 heteroatoms. The number of benzene rings is 1. The Hall–Kier alpha value is -2.08. The summed E-state index contributed by atoms with van der Waals surface area (Å²) in [5, 5.41) is 9.63. The standard InChI is InChI=1S/C21H27NO5/c23-20(22-18-4-2-1-3-15(18)13-19(22)21(24)25)14-5-7-16(8-6-14)27-17-9-11-26-12-10-17/h5-8,15,17-19H,1-4,9-13H2,(H,24,25). The van der Waals surface area contributed by atoms with E-state index in [1.807, 2.05) is 12.1 Å². The molecule has 3 fully saturated rings. The van der Waals surface area contributed by atoms with Gasteiger partial charge in [0.25, 0.3) is 5.91 Å². The number of hydrogen-bond acceptors (Lipinski definition) is 4. The summed E-state index contributed by atoms with van der Waals surface area (Å²) in [7, 11) is 0. The van der Waals surface area contributed by atoms with Crippen molar-refractivity contribution in [1.82, 2.24) is 4.90 Å². The van der Waals surface area contributed by atoms with E-state index >= 15 is 0 Å². The third-order valence-electron chi connectivity index (χ3n) is 6.18. The monoisotopic (exact) mass is 373 g/mol. The normalized spacial score (nSPS) is 28.6. The fourth-order valence-electron chi connectivity index (χ4n) is 4.78. The van der Waals surface area contributed by atoms with Gasteiger partial charge in [-0.05, 0) is 49.4 Å². The van der Waals surface area contributed by atoms with Crippen LogP contribution in [-0.2, 0) is 9.53 Å². The maximum atomic E-state index is 13.1. The highest BCUT2D eigenvalue weighted by Gasteiger charge is 2.47. The highest BCUT2D eigenvalue weighted by atomic mass is 16.5. The molecule has 1 N–H and O–H groups in total. The summed E-state index contributed by atoms with van der Waals surface area (Å²) in [6.07, 6.45) is 6.61. The molecule has 1 aromatic carbocycles. The number of carbonyl (C=O) groups excluding carboxylic acids is 1. The van der Waals surface area contributed by atoms with E-state index in [9.17, 15) is 14.7 Å². The van der Waals surface area contributed by atoms with Gasteiger partial charge in [0.15, 0.2) is 0 Å². The Kier molecular flexibility index (Phi) is 5.34. The number of carbonyl (C=O) groups is 2. The van der Waals surface area contributed by atoms with Crippen LogP contribution in [0.5, 0.6) is 5.75 Å². The topological polar surface area (TPSA) is 76.1 Å². The number of amides is 1. The molecular formula is C21H27NO5. The van der Waals surface area contributed by atoms with Crippen LogP contribution in [0.25, 0.3) is 0 Å². The largest absolute Gasteiger partial charge is 0.490 e. The molecular weight excluding hydrogens is 346 g/mol. The maximum absolute atomic E-state index is 13.1. The van der Waals surface area contributed by atoms with Gasteiger partial charge in [0.2, 0.25) is 0 Å². The zero-order valence-corrected chi connectivity index (χ0v) is 15.5. The summed E-state index contributed by atoms with van der Waals surface area (Å²) < 4.78 is 11.3. The summed E-state index contributed by atoms with van der Waals surface area (Å²) in [6.45, 7) is 1.44. The van der Waals surface area contributed by atoms with Crippen LogP contribution in [0.4, 0.5) is 0 Å². The minimum absolute atomic E-state index is 0.0607. The average Bonchev–Trinajstić information content (AvgIpc) is 3.09. The van der Waals surface area contributed by atoms with Gasteiger partial charge >= 0.3 is 5.97 Å². The number of ether oxygens (including phenoxy) is 2. The molecule has 146 valence electrons. The number of carboxylic acids is 1. The third-order valence-corrected chi connectivity index (χ3v) is 6.18. The Morgan fingerprint density at radius 1 is 1.04 bits per heavy atom. The second-order valence-corrected chi connectivity index (χ2v) is 7.87. The lowest BCUT2D eigenvalue weighted by Gasteiger charge is -2.33. The summed E-state index contributed by atoms with van der Waals surface area (Å²) >= 11 is 0. The molecule has 0 bridgehead atoms. The summed E-state index contributed by atoms with van der Waals surface area (Å²) in [5.74, 6) is -0.00300. The molecule has 1 aliphatic carbocycles. The molecule has 2 heterocycles. The number of carboxylic acid groups (broad SMARTS) is 1. The van der Waals surface area contributed by atoms with Gasteiger partial charge in [-0.2, -0.15) is 0 Å². The van der Waals surface area contributed by atoms with Gasteiger partial charge in [-0.25, -0.2) is 4.79 Å². The van der Waals surface area contributed by atoms with Gasteiger partial charge in [0.05, 0.1) is 13.2 Å². The van der Waals surface area contributed by atoms with E-state index in [4.69, 9.17) is 9.47 Å². The van der Waals surface area contributed by atoms with Crippen LogP contribution in [-0.4, -0.2) is 53.3 Å². The number of nitrogens with zero attached hydrogens (tertiary/aromatic N) is 1. The van der Waals surface area contributed by atoms with Crippen molar-refractivity contribution in [3.8, 4) is 5.75 Å². The first-order chi connectivity index (χ1) is 13.1. The molecule has 3 unspecified atom stereocenters. The first kappa shape index (κ1) is 18.3. The Labute approximate surface area is 159 Å². The Morgan fingerprint density at radius 3 is 2.44 bits per heavy atom. The average molecular weight is 373 g/mol. The smallest absolute Gasteiger partial charge is 0.326 e. The molecule has 1 saturated carbocycles. The summed E-state index contributed by atoms with van der Waals surface area (Å²) in [6, 6.07) is 6.49. The molecule has 3 aliphatic rings. The third kappa shape index (κ3) is 3.81. The lowest BCUT2D eigenvalue weighted by molar-refractivity contribution is -0.141. The quantitative estimate of drug-likeness (QED) is 0.878. The van der Waals surface area contributed by atoms with Crippen molar-refractivity contribution >= 4 is 11.9 Å². The second kappa shape index (κ2) is 7.89. The van der Waals surface area contributed by atoms with Crippen molar-refractivity contribution in [3.05, 3.63) is 29.8 Å². The highest BCUT2D eigenvalue weighted by molar-refractivity contribution is 5.97. The molecule has 4 rings (SSSR count). The molecule has 1 aromatic rings. The van der Waals surface area contributed by atoms with Crippen LogP contribution in [0.1, 0.15) is 55.3 Å². The van der Waals surface area contributed by atoms with Gasteiger partial charge in [-0.1, -0.05) is 12.8 Å². The van der Waals surface area contributed by atoms with E-state index in [2.05, 4.69) is 0 Å². The lowest BCUT2D eigenvalue weighted by atomic mass is 9.84. The van der Waals surface area contributed by atoms with E-state index < -0.39 is 12.0 Å². The van der Waals surface area contributed by atoms with Crippen molar-refractivity contribution in [2.24, 2.45) is 5.92 Å². The molecule has 27 heavy (non-hydrogen) atoms. The minimum Gasteiger partial charge on any atom is -0.490 e. The second-order valence-electron chi connectivity index (χ2n) is 7.87. The van der Waals surface area contributed by atoms with E-state index in [0.29, 0.717) is 17.9 Å². The molecule has 0 spiro atoms. The van der Waals surface area contributed by atoms with Gasteiger partial charge in [-0.15, -0.1) is 0 Å². The molecule has 2 saturated heterocycles. The molecule has 1 amide bonds. The van der Waals surface area contributed by atoms with E-state index in [0.717, 1.165) is 57.5 Å². The molecule has 0 radical (unpaired) electrons. The molecule has 3 atom stereocenters. The van der Waals surface area contributed by atoms with E-state index in [1.54, 1.807) is 17.0 Å². The fraction of sp³-hybridized carbons (Fsp3) is 0.619. The van der Waals surface area contributed by atoms with Crippen molar-refractivity contribution in [3.63, 3.8) is 0 Å². The SMILES string of the molecule is O=C(O)C1CC2CCCCC2N1C(=O)c1ccc(OC2CCOCC2)cc1. The number of likely N-dealkylation sites (tertiary alicyclic amines) is 1. The van der Waals surface area contributed by atoms with E-state index in [1.165, 1.54) is 0 Å². The fourth-order valence-corrected chi connectivity index (χ4v) is 4.78. The van der Waals surface area contributed by atoms with Crippen LogP contribution in [0.2, 0.25) is 0 Å². The van der Waals surface area contributed by atoms with Crippen molar-refractivity contribution in [2.45, 2.75) is 63.1 Å². The van der Waals surface area contributed by atoms with Gasteiger partial charge in [0, 0.05) is 24.4 Å². The van der Waals surface area contributed by atoms with Crippen LogP contribution >= 0.6 is 0 Å². The number of hydrogen-bond donors (Lipinski definition) is 1. The molecule has 6 nitrogen and oxygen atoms in total. The first-order valence-electron chi connectivity index (χ1n) is 10.0. The van der Waals surface area contributed by atoms with Crippen LogP contribution in [0.3, 0.4) is 0 Å². The molecule has 0 aromatic heterocycles. The van der Waals surface area contributed by atoms with Crippen molar-refractivity contribution in [1.29, 1.82) is 0 Å². The van der Waals surface area contributed by atoms with Crippen molar-refractivity contribution < 1.29 is 24.2 Å². The Morgan fingerprint density at radius 2 is 1.74 bits per heavy atom. The zero-order chi connectivity index (χ0) is 18.8.